The molecule has 3 aromatic rings. The summed E-state index contributed by atoms with van der Waals surface area (Å²) in [7, 11) is 0. The first-order valence-electron chi connectivity index (χ1n) is 8.07. The first-order chi connectivity index (χ1) is 13.2. The monoisotopic (exact) mass is 393 g/mol. The van der Waals surface area contributed by atoms with E-state index in [9.17, 15) is 33.2 Å². The number of H-pyrrole nitrogens is 1. The molecule has 3 N–H and O–H groups in total. The van der Waals surface area contributed by atoms with E-state index >= 15 is 0 Å². The number of fused-ring (bicyclic) bond motifs is 1. The Morgan fingerprint density at radius 1 is 1.25 bits per heavy atom. The number of aliphatic carboxylic acids is 1. The molecule has 0 radical (unpaired) electrons. The van der Waals surface area contributed by atoms with Crippen LogP contribution in [0.4, 0.5) is 24.5 Å². The molecule has 28 heavy (non-hydrogen) atoms. The molecule has 1 aromatic heterocycles. The maximum Gasteiger partial charge on any atom is 0.416 e. The van der Waals surface area contributed by atoms with Gasteiger partial charge in [0.15, 0.2) is 0 Å². The fourth-order valence-corrected chi connectivity index (χ4v) is 2.89. The fourth-order valence-electron chi connectivity index (χ4n) is 2.89. The summed E-state index contributed by atoms with van der Waals surface area (Å²) in [4.78, 5) is 24.9. The molecule has 0 aliphatic heterocycles. The third-order valence-corrected chi connectivity index (χ3v) is 4.25. The van der Waals surface area contributed by atoms with Gasteiger partial charge in [0.25, 0.3) is 5.69 Å². The predicted octanol–water partition coefficient (Wildman–Crippen LogP) is 4.20. The molecule has 0 amide bonds. The van der Waals surface area contributed by atoms with E-state index in [1.165, 1.54) is 0 Å². The minimum Gasteiger partial charge on any atom is -0.480 e. The van der Waals surface area contributed by atoms with Crippen LogP contribution in [0, 0.1) is 10.1 Å². The number of para-hydroxylation sites is 1. The number of nitrogens with zero attached hydrogens (tertiary/aromatic N) is 1. The number of hydrogen-bond donors (Lipinski definition) is 3. The van der Waals surface area contributed by atoms with Gasteiger partial charge in [-0.2, -0.15) is 13.2 Å². The average molecular weight is 393 g/mol. The molecule has 2 aromatic carbocycles. The molecule has 0 aliphatic carbocycles. The quantitative estimate of drug-likeness (QED) is 0.430. The molecule has 0 fully saturated rings. The lowest BCUT2D eigenvalue weighted by Gasteiger charge is -2.16. The fraction of sp³-hybridized carbons (Fsp3) is 0.167. The highest BCUT2D eigenvalue weighted by atomic mass is 19.4. The molecular formula is C18H14F3N3O4. The molecule has 1 atom stereocenters. The molecule has 1 heterocycles. The SMILES string of the molecule is O=C(O)[C@@H](Cc1c[nH]c2ccccc12)Nc1ccc(C(F)(F)F)cc1[N+](=O)[O-]. The largest absolute Gasteiger partial charge is 0.480 e. The van der Waals surface area contributed by atoms with Crippen molar-refractivity contribution in [3.63, 3.8) is 0 Å². The number of benzene rings is 2. The summed E-state index contributed by atoms with van der Waals surface area (Å²) in [5, 5.41) is 24.0. The van der Waals surface area contributed by atoms with Crippen LogP contribution in [0.25, 0.3) is 10.9 Å². The number of nitro groups is 1. The summed E-state index contributed by atoms with van der Waals surface area (Å²) in [6, 6.07) is 7.82. The van der Waals surface area contributed by atoms with E-state index in [1.807, 2.05) is 6.07 Å². The summed E-state index contributed by atoms with van der Waals surface area (Å²) >= 11 is 0. The van der Waals surface area contributed by atoms with Gasteiger partial charge in [0.2, 0.25) is 0 Å². The standard InChI is InChI=1S/C18H14F3N3O4/c19-18(20,21)11-5-6-14(16(8-11)24(27)28)23-15(17(25)26)7-10-9-22-13-4-2-1-3-12(10)13/h1-6,8-9,15,22-23H,7H2,(H,25,26)/t15-/m1/s1. The molecule has 0 aliphatic rings. The number of aromatic amines is 1. The molecule has 146 valence electrons. The zero-order valence-corrected chi connectivity index (χ0v) is 14.2. The van der Waals surface area contributed by atoms with Gasteiger partial charge >= 0.3 is 12.1 Å². The van der Waals surface area contributed by atoms with Crippen LogP contribution in [-0.4, -0.2) is 27.0 Å². The number of aromatic nitrogens is 1. The number of anilines is 1. The van der Waals surface area contributed by atoms with Gasteiger partial charge in [-0.25, -0.2) is 4.79 Å². The Kier molecular flexibility index (Phi) is 4.95. The van der Waals surface area contributed by atoms with Crippen LogP contribution in [0.3, 0.4) is 0 Å². The predicted molar refractivity (Wildman–Crippen MR) is 95.1 cm³/mol. The van der Waals surface area contributed by atoms with Gasteiger partial charge < -0.3 is 15.4 Å². The topological polar surface area (TPSA) is 108 Å². The molecule has 0 spiro atoms. The molecule has 0 saturated heterocycles. The number of hydrogen-bond acceptors (Lipinski definition) is 4. The Balaban J connectivity index is 1.92. The third-order valence-electron chi connectivity index (χ3n) is 4.25. The summed E-state index contributed by atoms with van der Waals surface area (Å²) in [6.45, 7) is 0. The van der Waals surface area contributed by atoms with Gasteiger partial charge in [0.05, 0.1) is 10.5 Å². The van der Waals surface area contributed by atoms with Crippen molar-refractivity contribution in [2.45, 2.75) is 18.6 Å². The van der Waals surface area contributed by atoms with Crippen molar-refractivity contribution in [3.8, 4) is 0 Å². The molecule has 0 unspecified atom stereocenters. The number of halogens is 3. The lowest BCUT2D eigenvalue weighted by molar-refractivity contribution is -0.384. The number of carbonyl (C=O) groups is 1. The van der Waals surface area contributed by atoms with Gasteiger partial charge in [-0.15, -0.1) is 0 Å². The Labute approximate surface area is 155 Å². The van der Waals surface area contributed by atoms with Crippen LogP contribution in [-0.2, 0) is 17.4 Å². The van der Waals surface area contributed by atoms with E-state index in [-0.39, 0.29) is 12.1 Å². The van der Waals surface area contributed by atoms with Crippen LogP contribution >= 0.6 is 0 Å². The van der Waals surface area contributed by atoms with E-state index in [2.05, 4.69) is 10.3 Å². The summed E-state index contributed by atoms with van der Waals surface area (Å²) < 4.78 is 38.4. The summed E-state index contributed by atoms with van der Waals surface area (Å²) in [5.74, 6) is -1.29. The van der Waals surface area contributed by atoms with Crippen LogP contribution in [0.1, 0.15) is 11.1 Å². The molecule has 7 nitrogen and oxygen atoms in total. The zero-order chi connectivity index (χ0) is 20.5. The Morgan fingerprint density at radius 2 is 1.96 bits per heavy atom. The first kappa shape index (κ1) is 19.2. The molecule has 3 rings (SSSR count). The Hall–Kier alpha value is -3.56. The number of alkyl halides is 3. The van der Waals surface area contributed by atoms with E-state index in [4.69, 9.17) is 0 Å². The van der Waals surface area contributed by atoms with Crippen molar-refractivity contribution in [1.82, 2.24) is 4.98 Å². The molecule has 10 heteroatoms. The third kappa shape index (κ3) is 3.90. The highest BCUT2D eigenvalue weighted by molar-refractivity contribution is 5.85. The van der Waals surface area contributed by atoms with E-state index in [0.29, 0.717) is 17.7 Å². The van der Waals surface area contributed by atoms with E-state index in [0.717, 1.165) is 17.0 Å². The van der Waals surface area contributed by atoms with Crippen molar-refractivity contribution >= 4 is 28.2 Å². The number of carboxylic acid groups (broad SMARTS) is 1. The Morgan fingerprint density at radius 3 is 2.61 bits per heavy atom. The maximum absolute atomic E-state index is 12.8. The van der Waals surface area contributed by atoms with Crippen molar-refractivity contribution in [2.75, 3.05) is 5.32 Å². The molecule has 0 saturated carbocycles. The first-order valence-corrected chi connectivity index (χ1v) is 8.07. The van der Waals surface area contributed by atoms with Crippen LogP contribution in [0.5, 0.6) is 0 Å². The maximum atomic E-state index is 12.8. The lowest BCUT2D eigenvalue weighted by atomic mass is 10.0. The van der Waals surface area contributed by atoms with Gasteiger partial charge in [-0.3, -0.25) is 10.1 Å². The van der Waals surface area contributed by atoms with Crippen LogP contribution in [0.2, 0.25) is 0 Å². The molecule has 0 bridgehead atoms. The second kappa shape index (κ2) is 7.22. The van der Waals surface area contributed by atoms with Gasteiger partial charge in [0.1, 0.15) is 11.7 Å². The van der Waals surface area contributed by atoms with Gasteiger partial charge in [0, 0.05) is 29.6 Å². The summed E-state index contributed by atoms with van der Waals surface area (Å²) in [6.07, 6.45) is -3.15. The number of nitro benzene ring substituents is 1. The smallest absolute Gasteiger partial charge is 0.416 e. The van der Waals surface area contributed by atoms with Gasteiger partial charge in [-0.05, 0) is 23.8 Å². The lowest BCUT2D eigenvalue weighted by Crippen LogP contribution is -2.31. The van der Waals surface area contributed by atoms with E-state index in [1.54, 1.807) is 24.4 Å². The van der Waals surface area contributed by atoms with Gasteiger partial charge in [-0.1, -0.05) is 18.2 Å². The minimum absolute atomic E-state index is 0.0302. The average Bonchev–Trinajstić information content (AvgIpc) is 3.03. The number of nitrogens with one attached hydrogen (secondary N) is 2. The van der Waals surface area contributed by atoms with Crippen molar-refractivity contribution in [1.29, 1.82) is 0 Å². The minimum atomic E-state index is -4.75. The highest BCUT2D eigenvalue weighted by Gasteiger charge is 2.33. The normalized spacial score (nSPS) is 12.7. The van der Waals surface area contributed by atoms with Crippen molar-refractivity contribution in [2.24, 2.45) is 0 Å². The zero-order valence-electron chi connectivity index (χ0n) is 14.2. The number of rotatable bonds is 6. The Bertz CT molecular complexity index is 1050. The second-order valence-corrected chi connectivity index (χ2v) is 6.09. The van der Waals surface area contributed by atoms with E-state index < -0.39 is 34.4 Å². The second-order valence-electron chi connectivity index (χ2n) is 6.09. The highest BCUT2D eigenvalue weighted by Crippen LogP contribution is 2.35. The summed E-state index contributed by atoms with van der Waals surface area (Å²) in [5.41, 5.74) is -0.884. The van der Waals surface area contributed by atoms with Crippen molar-refractivity contribution < 1.29 is 28.0 Å². The molecular weight excluding hydrogens is 379 g/mol. The number of carboxylic acids is 1. The van der Waals surface area contributed by atoms with Crippen LogP contribution < -0.4 is 5.32 Å². The van der Waals surface area contributed by atoms with Crippen LogP contribution in [0.15, 0.2) is 48.7 Å². The van der Waals surface area contributed by atoms with Crippen molar-refractivity contribution in [3.05, 3.63) is 69.9 Å².